The Morgan fingerprint density at radius 3 is 2.60 bits per heavy atom. The monoisotopic (exact) mass is 297 g/mol. The van der Waals surface area contributed by atoms with Gasteiger partial charge in [0, 0.05) is 4.88 Å². The average molecular weight is 297 g/mol. The molecule has 2 rings (SSSR count). The van der Waals surface area contributed by atoms with Crippen LogP contribution >= 0.6 is 11.3 Å². The van der Waals surface area contributed by atoms with Gasteiger partial charge in [0.2, 0.25) is 0 Å². The van der Waals surface area contributed by atoms with Gasteiger partial charge in [-0.15, -0.1) is 11.3 Å². The molecule has 1 aromatic rings. The molecule has 0 radical (unpaired) electrons. The molecule has 0 fully saturated rings. The predicted molar refractivity (Wildman–Crippen MR) is 77.5 cm³/mol. The number of ether oxygens (including phenoxy) is 2. The molecule has 1 aliphatic rings. The van der Waals surface area contributed by atoms with E-state index in [2.05, 4.69) is 10.1 Å². The van der Waals surface area contributed by atoms with Crippen LogP contribution in [0.1, 0.15) is 47.5 Å². The molecule has 0 aromatic carbocycles. The van der Waals surface area contributed by atoms with Crippen LogP contribution < -0.4 is 5.32 Å². The van der Waals surface area contributed by atoms with Gasteiger partial charge in [-0.3, -0.25) is 5.32 Å². The fourth-order valence-corrected chi connectivity index (χ4v) is 3.55. The Balaban J connectivity index is 2.36. The fraction of sp³-hybridized carbons (Fsp3) is 0.571. The number of anilines is 1. The number of hydrogen-bond donors (Lipinski definition) is 1. The highest BCUT2D eigenvalue weighted by molar-refractivity contribution is 7.17. The van der Waals surface area contributed by atoms with E-state index in [1.807, 2.05) is 13.8 Å². The van der Waals surface area contributed by atoms with Crippen LogP contribution in [0.2, 0.25) is 0 Å². The van der Waals surface area contributed by atoms with Crippen molar-refractivity contribution in [2.45, 2.75) is 45.6 Å². The van der Waals surface area contributed by atoms with Gasteiger partial charge >= 0.3 is 12.1 Å². The van der Waals surface area contributed by atoms with Gasteiger partial charge in [0.15, 0.2) is 0 Å². The van der Waals surface area contributed by atoms with Crippen LogP contribution in [0.4, 0.5) is 9.80 Å². The van der Waals surface area contributed by atoms with Crippen LogP contribution in [0, 0.1) is 0 Å². The van der Waals surface area contributed by atoms with Crippen LogP contribution in [0.3, 0.4) is 0 Å². The molecule has 20 heavy (non-hydrogen) atoms. The predicted octanol–water partition coefficient (Wildman–Crippen LogP) is 3.37. The maximum Gasteiger partial charge on any atom is 0.411 e. The molecule has 0 saturated carbocycles. The van der Waals surface area contributed by atoms with E-state index in [4.69, 9.17) is 4.74 Å². The maximum atomic E-state index is 12.3. The number of rotatable bonds is 3. The number of fused-ring (bicyclic) bond motifs is 1. The molecule has 1 N–H and O–H groups in total. The van der Waals surface area contributed by atoms with E-state index in [0.29, 0.717) is 10.6 Å². The molecule has 1 amide bonds. The van der Waals surface area contributed by atoms with Crippen molar-refractivity contribution in [3.63, 3.8) is 0 Å². The number of amides is 1. The minimum Gasteiger partial charge on any atom is -0.459 e. The summed E-state index contributed by atoms with van der Waals surface area (Å²) in [5, 5.41) is 3.16. The summed E-state index contributed by atoms with van der Waals surface area (Å²) in [6.45, 7) is 3.62. The largest absolute Gasteiger partial charge is 0.459 e. The van der Waals surface area contributed by atoms with E-state index in [1.165, 1.54) is 23.3 Å². The standard InChI is InChI=1S/C14H19NO4S/c1-8(2)19-13(16)11-9-6-4-5-7-10(9)20-12(11)15-14(17)18-3/h8H,4-7H2,1-3H3,(H,15,17). The third-order valence-corrected chi connectivity index (χ3v) is 4.33. The second-order valence-corrected chi connectivity index (χ2v) is 6.09. The first-order valence-corrected chi connectivity index (χ1v) is 7.55. The van der Waals surface area contributed by atoms with Crippen molar-refractivity contribution in [2.24, 2.45) is 0 Å². The number of thiophene rings is 1. The molecule has 0 unspecified atom stereocenters. The second kappa shape index (κ2) is 6.26. The minimum absolute atomic E-state index is 0.187. The first kappa shape index (κ1) is 14.8. The lowest BCUT2D eigenvalue weighted by atomic mass is 9.95. The molecule has 110 valence electrons. The van der Waals surface area contributed by atoms with E-state index >= 15 is 0 Å². The van der Waals surface area contributed by atoms with Crippen LogP contribution in [0.5, 0.6) is 0 Å². The van der Waals surface area contributed by atoms with Crippen LogP contribution in [0.25, 0.3) is 0 Å². The van der Waals surface area contributed by atoms with Crippen molar-refractivity contribution >= 4 is 28.4 Å². The van der Waals surface area contributed by atoms with Gasteiger partial charge in [-0.25, -0.2) is 9.59 Å². The molecule has 1 aliphatic carbocycles. The summed E-state index contributed by atoms with van der Waals surface area (Å²) in [6.07, 6.45) is 3.23. The Bertz CT molecular complexity index is 521. The number of carbonyl (C=O) groups is 2. The first-order chi connectivity index (χ1) is 9.52. The zero-order chi connectivity index (χ0) is 14.7. The molecule has 5 nitrogen and oxygen atoms in total. The highest BCUT2D eigenvalue weighted by atomic mass is 32.1. The van der Waals surface area contributed by atoms with Crippen molar-refractivity contribution in [3.05, 3.63) is 16.0 Å². The Morgan fingerprint density at radius 2 is 1.95 bits per heavy atom. The quantitative estimate of drug-likeness (QED) is 0.869. The molecule has 0 atom stereocenters. The SMILES string of the molecule is COC(=O)Nc1sc2c(c1C(=O)OC(C)C)CCCC2. The number of esters is 1. The van der Waals surface area contributed by atoms with Gasteiger partial charge in [0.05, 0.1) is 18.8 Å². The fourth-order valence-electron chi connectivity index (χ4n) is 2.29. The number of nitrogens with one attached hydrogen (secondary N) is 1. The van der Waals surface area contributed by atoms with E-state index in [-0.39, 0.29) is 12.1 Å². The second-order valence-electron chi connectivity index (χ2n) is 4.99. The van der Waals surface area contributed by atoms with Crippen molar-refractivity contribution in [1.82, 2.24) is 0 Å². The van der Waals surface area contributed by atoms with Gasteiger partial charge in [-0.1, -0.05) is 0 Å². The average Bonchev–Trinajstić information content (AvgIpc) is 2.75. The summed E-state index contributed by atoms with van der Waals surface area (Å²) in [7, 11) is 1.30. The third kappa shape index (κ3) is 3.12. The molecule has 0 saturated heterocycles. The van der Waals surface area contributed by atoms with Crippen LogP contribution in [0.15, 0.2) is 0 Å². The Morgan fingerprint density at radius 1 is 1.25 bits per heavy atom. The lowest BCUT2D eigenvalue weighted by Gasteiger charge is -2.14. The molecule has 1 heterocycles. The van der Waals surface area contributed by atoms with Gasteiger partial charge in [0.1, 0.15) is 5.00 Å². The van der Waals surface area contributed by atoms with E-state index < -0.39 is 6.09 Å². The van der Waals surface area contributed by atoms with Gasteiger partial charge in [0.25, 0.3) is 0 Å². The minimum atomic E-state index is -0.567. The van der Waals surface area contributed by atoms with Crippen LogP contribution in [-0.4, -0.2) is 25.3 Å². The van der Waals surface area contributed by atoms with Gasteiger partial charge < -0.3 is 9.47 Å². The summed E-state index contributed by atoms with van der Waals surface area (Å²) in [6, 6.07) is 0. The number of carbonyl (C=O) groups excluding carboxylic acids is 2. The summed E-state index contributed by atoms with van der Waals surface area (Å²) in [5.41, 5.74) is 1.53. The maximum absolute atomic E-state index is 12.3. The number of aryl methyl sites for hydroxylation is 1. The Hall–Kier alpha value is -1.56. The molecule has 0 spiro atoms. The summed E-state index contributed by atoms with van der Waals surface area (Å²) < 4.78 is 9.90. The van der Waals surface area contributed by atoms with E-state index in [1.54, 1.807) is 0 Å². The van der Waals surface area contributed by atoms with Crippen molar-refractivity contribution in [1.29, 1.82) is 0 Å². The topological polar surface area (TPSA) is 64.6 Å². The molecule has 6 heteroatoms. The smallest absolute Gasteiger partial charge is 0.411 e. The van der Waals surface area contributed by atoms with Crippen LogP contribution in [-0.2, 0) is 22.3 Å². The molecular weight excluding hydrogens is 278 g/mol. The third-order valence-electron chi connectivity index (χ3n) is 3.12. The van der Waals surface area contributed by atoms with E-state index in [9.17, 15) is 9.59 Å². The molecule has 1 aromatic heterocycles. The van der Waals surface area contributed by atoms with Gasteiger partial charge in [-0.05, 0) is 45.1 Å². The Kier molecular flexibility index (Phi) is 4.65. The zero-order valence-electron chi connectivity index (χ0n) is 11.9. The van der Waals surface area contributed by atoms with Crippen molar-refractivity contribution in [2.75, 3.05) is 12.4 Å². The summed E-state index contributed by atoms with van der Waals surface area (Å²) in [5.74, 6) is -0.370. The molecular formula is C14H19NO4S. The highest BCUT2D eigenvalue weighted by Crippen LogP contribution is 2.38. The number of methoxy groups -OCH3 is 1. The first-order valence-electron chi connectivity index (χ1n) is 6.73. The summed E-state index contributed by atoms with van der Waals surface area (Å²) in [4.78, 5) is 24.8. The molecule has 0 bridgehead atoms. The summed E-state index contributed by atoms with van der Waals surface area (Å²) >= 11 is 1.45. The number of hydrogen-bond acceptors (Lipinski definition) is 5. The Labute approximate surface area is 122 Å². The lowest BCUT2D eigenvalue weighted by molar-refractivity contribution is 0.0378. The zero-order valence-corrected chi connectivity index (χ0v) is 12.8. The normalized spacial score (nSPS) is 13.8. The lowest BCUT2D eigenvalue weighted by Crippen LogP contribution is -2.17. The molecule has 0 aliphatic heterocycles. The van der Waals surface area contributed by atoms with Crippen molar-refractivity contribution in [3.8, 4) is 0 Å². The van der Waals surface area contributed by atoms with Gasteiger partial charge in [-0.2, -0.15) is 0 Å². The van der Waals surface area contributed by atoms with E-state index in [0.717, 1.165) is 31.2 Å². The van der Waals surface area contributed by atoms with Crippen molar-refractivity contribution < 1.29 is 19.1 Å². The highest BCUT2D eigenvalue weighted by Gasteiger charge is 2.27.